The van der Waals surface area contributed by atoms with Crippen LogP contribution in [0.2, 0.25) is 0 Å². The molecule has 3 heteroatoms. The van der Waals surface area contributed by atoms with Gasteiger partial charge in [-0.05, 0) is 31.2 Å². The van der Waals surface area contributed by atoms with Crippen LogP contribution in [0.3, 0.4) is 0 Å². The second-order valence-electron chi connectivity index (χ2n) is 6.04. The van der Waals surface area contributed by atoms with E-state index in [-0.39, 0.29) is 6.04 Å². The summed E-state index contributed by atoms with van der Waals surface area (Å²) < 4.78 is 0. The molecule has 1 aromatic rings. The molecule has 2 fully saturated rings. The molecule has 20 heavy (non-hydrogen) atoms. The second-order valence-corrected chi connectivity index (χ2v) is 6.04. The molecular weight excluding hydrogens is 248 g/mol. The predicted octanol–water partition coefficient (Wildman–Crippen LogP) is 2.71. The molecule has 108 valence electrons. The molecule has 0 aromatic heterocycles. The Morgan fingerprint density at radius 3 is 2.60 bits per heavy atom. The van der Waals surface area contributed by atoms with Crippen LogP contribution < -0.4 is 5.32 Å². The number of rotatable bonds is 4. The van der Waals surface area contributed by atoms with Crippen LogP contribution >= 0.6 is 0 Å². The summed E-state index contributed by atoms with van der Waals surface area (Å²) in [6, 6.07) is 11.0. The standard InChI is InChI=1S/C17H24N2O/c20-17-16(12-11-14-7-3-1-4-8-14)18-13-19(17)15-9-5-2-6-10-15/h1,3-4,7-8,15-16,18H,2,5-6,9-13H2. The molecule has 1 atom stereocenters. The summed E-state index contributed by atoms with van der Waals surface area (Å²) in [4.78, 5) is 14.6. The molecule has 0 spiro atoms. The highest BCUT2D eigenvalue weighted by Crippen LogP contribution is 2.25. The molecular formula is C17H24N2O. The molecule has 0 bridgehead atoms. The average Bonchev–Trinajstić information content (AvgIpc) is 2.88. The van der Waals surface area contributed by atoms with Crippen LogP contribution in [0.1, 0.15) is 44.1 Å². The lowest BCUT2D eigenvalue weighted by Gasteiger charge is -2.30. The molecule has 1 amide bonds. The quantitative estimate of drug-likeness (QED) is 0.914. The predicted molar refractivity (Wildman–Crippen MR) is 80.3 cm³/mol. The number of hydrogen-bond acceptors (Lipinski definition) is 2. The van der Waals surface area contributed by atoms with Crippen molar-refractivity contribution in [1.82, 2.24) is 10.2 Å². The first-order chi connectivity index (χ1) is 9.84. The largest absolute Gasteiger partial charge is 0.326 e. The molecule has 1 saturated heterocycles. The molecule has 1 aliphatic carbocycles. The van der Waals surface area contributed by atoms with E-state index in [9.17, 15) is 4.79 Å². The fraction of sp³-hybridized carbons (Fsp3) is 0.588. The summed E-state index contributed by atoms with van der Waals surface area (Å²) in [5.74, 6) is 0.327. The van der Waals surface area contributed by atoms with E-state index in [0.717, 1.165) is 19.5 Å². The third-order valence-corrected chi connectivity index (χ3v) is 4.67. The van der Waals surface area contributed by atoms with E-state index in [2.05, 4.69) is 34.5 Å². The Kier molecular flexibility index (Phi) is 4.36. The third kappa shape index (κ3) is 3.04. The Morgan fingerprint density at radius 1 is 1.10 bits per heavy atom. The molecule has 2 aliphatic rings. The van der Waals surface area contributed by atoms with Gasteiger partial charge in [0.05, 0.1) is 12.7 Å². The van der Waals surface area contributed by atoms with Crippen molar-refractivity contribution in [2.45, 2.75) is 57.0 Å². The van der Waals surface area contributed by atoms with E-state index < -0.39 is 0 Å². The van der Waals surface area contributed by atoms with Crippen LogP contribution in [-0.2, 0) is 11.2 Å². The topological polar surface area (TPSA) is 32.3 Å². The van der Waals surface area contributed by atoms with Gasteiger partial charge in [0.15, 0.2) is 0 Å². The number of carbonyl (C=O) groups is 1. The van der Waals surface area contributed by atoms with Crippen LogP contribution in [0.15, 0.2) is 30.3 Å². The first kappa shape index (κ1) is 13.6. The van der Waals surface area contributed by atoms with Crippen molar-refractivity contribution < 1.29 is 4.79 Å². The van der Waals surface area contributed by atoms with Gasteiger partial charge in [-0.1, -0.05) is 49.6 Å². The summed E-state index contributed by atoms with van der Waals surface area (Å²) in [5.41, 5.74) is 1.32. The molecule has 0 radical (unpaired) electrons. The van der Waals surface area contributed by atoms with Gasteiger partial charge in [0.1, 0.15) is 0 Å². The number of amides is 1. The lowest BCUT2D eigenvalue weighted by atomic mass is 9.94. The maximum Gasteiger partial charge on any atom is 0.241 e. The highest BCUT2D eigenvalue weighted by molar-refractivity contribution is 5.84. The molecule has 1 heterocycles. The van der Waals surface area contributed by atoms with Gasteiger partial charge in [-0.3, -0.25) is 10.1 Å². The van der Waals surface area contributed by atoms with Crippen LogP contribution in [0.25, 0.3) is 0 Å². The van der Waals surface area contributed by atoms with Crippen molar-refractivity contribution in [1.29, 1.82) is 0 Å². The number of hydrogen-bond donors (Lipinski definition) is 1. The smallest absolute Gasteiger partial charge is 0.241 e. The lowest BCUT2D eigenvalue weighted by Crippen LogP contribution is -2.39. The SMILES string of the molecule is O=C1C(CCc2ccccc2)NCN1C1CCCCC1. The van der Waals surface area contributed by atoms with Crippen molar-refractivity contribution >= 4 is 5.91 Å². The van der Waals surface area contributed by atoms with Gasteiger partial charge >= 0.3 is 0 Å². The number of aryl methyl sites for hydroxylation is 1. The van der Waals surface area contributed by atoms with Crippen molar-refractivity contribution in [3.63, 3.8) is 0 Å². The lowest BCUT2D eigenvalue weighted by molar-refractivity contribution is -0.131. The summed E-state index contributed by atoms with van der Waals surface area (Å²) >= 11 is 0. The van der Waals surface area contributed by atoms with Gasteiger partial charge in [0, 0.05) is 6.04 Å². The highest BCUT2D eigenvalue weighted by atomic mass is 16.2. The van der Waals surface area contributed by atoms with E-state index in [1.54, 1.807) is 0 Å². The Bertz CT molecular complexity index is 440. The Hall–Kier alpha value is -1.35. The van der Waals surface area contributed by atoms with E-state index >= 15 is 0 Å². The number of carbonyl (C=O) groups excluding carboxylic acids is 1. The maximum absolute atomic E-state index is 12.5. The van der Waals surface area contributed by atoms with E-state index in [4.69, 9.17) is 0 Å². The van der Waals surface area contributed by atoms with E-state index in [1.807, 2.05) is 6.07 Å². The number of benzene rings is 1. The van der Waals surface area contributed by atoms with Gasteiger partial charge < -0.3 is 4.90 Å². The van der Waals surface area contributed by atoms with Gasteiger partial charge in [-0.25, -0.2) is 0 Å². The zero-order chi connectivity index (χ0) is 13.8. The van der Waals surface area contributed by atoms with Crippen LogP contribution in [0.5, 0.6) is 0 Å². The zero-order valence-electron chi connectivity index (χ0n) is 12.1. The highest BCUT2D eigenvalue weighted by Gasteiger charge is 2.35. The minimum absolute atomic E-state index is 0.0251. The van der Waals surface area contributed by atoms with E-state index in [1.165, 1.54) is 37.7 Å². The van der Waals surface area contributed by atoms with Gasteiger partial charge in [0.2, 0.25) is 5.91 Å². The summed E-state index contributed by atoms with van der Waals surface area (Å²) in [7, 11) is 0. The maximum atomic E-state index is 12.5. The van der Waals surface area contributed by atoms with Gasteiger partial charge in [-0.15, -0.1) is 0 Å². The first-order valence-corrected chi connectivity index (χ1v) is 7.92. The minimum Gasteiger partial charge on any atom is -0.326 e. The van der Waals surface area contributed by atoms with Crippen molar-refractivity contribution in [2.75, 3.05) is 6.67 Å². The zero-order valence-corrected chi connectivity index (χ0v) is 12.1. The van der Waals surface area contributed by atoms with E-state index in [0.29, 0.717) is 11.9 Å². The normalized spacial score (nSPS) is 24.3. The van der Waals surface area contributed by atoms with Crippen LogP contribution in [-0.4, -0.2) is 29.6 Å². The molecule has 1 aliphatic heterocycles. The molecule has 1 unspecified atom stereocenters. The third-order valence-electron chi connectivity index (χ3n) is 4.67. The monoisotopic (exact) mass is 272 g/mol. The Labute approximate surface area is 121 Å². The average molecular weight is 272 g/mol. The molecule has 1 aromatic carbocycles. The fourth-order valence-corrected chi connectivity index (χ4v) is 3.46. The Balaban J connectivity index is 1.53. The molecule has 3 rings (SSSR count). The summed E-state index contributed by atoms with van der Waals surface area (Å²) in [6.45, 7) is 0.753. The van der Waals surface area contributed by atoms with Gasteiger partial charge in [0.25, 0.3) is 0 Å². The summed E-state index contributed by atoms with van der Waals surface area (Å²) in [5, 5.41) is 3.40. The van der Waals surface area contributed by atoms with Crippen molar-refractivity contribution in [3.8, 4) is 0 Å². The van der Waals surface area contributed by atoms with Crippen molar-refractivity contribution in [2.24, 2.45) is 0 Å². The van der Waals surface area contributed by atoms with Crippen LogP contribution in [0, 0.1) is 0 Å². The molecule has 1 N–H and O–H groups in total. The molecule has 1 saturated carbocycles. The number of nitrogens with zero attached hydrogens (tertiary/aromatic N) is 1. The fourth-order valence-electron chi connectivity index (χ4n) is 3.46. The number of nitrogens with one attached hydrogen (secondary N) is 1. The summed E-state index contributed by atoms with van der Waals surface area (Å²) in [6.07, 6.45) is 8.17. The van der Waals surface area contributed by atoms with Crippen molar-refractivity contribution in [3.05, 3.63) is 35.9 Å². The Morgan fingerprint density at radius 2 is 1.85 bits per heavy atom. The first-order valence-electron chi connectivity index (χ1n) is 7.92. The second kappa shape index (κ2) is 6.40. The minimum atomic E-state index is 0.0251. The molecule has 3 nitrogen and oxygen atoms in total. The van der Waals surface area contributed by atoms with Gasteiger partial charge in [-0.2, -0.15) is 0 Å². The van der Waals surface area contributed by atoms with Crippen LogP contribution in [0.4, 0.5) is 0 Å².